The van der Waals surface area contributed by atoms with Gasteiger partial charge in [0.2, 0.25) is 0 Å². The summed E-state index contributed by atoms with van der Waals surface area (Å²) in [6.07, 6.45) is 3.05. The van der Waals surface area contributed by atoms with E-state index < -0.39 is 0 Å². The van der Waals surface area contributed by atoms with E-state index >= 15 is 0 Å². The third-order valence-corrected chi connectivity index (χ3v) is 1.17. The van der Waals surface area contributed by atoms with Gasteiger partial charge in [0.05, 0.1) is 6.26 Å². The molecule has 0 unspecified atom stereocenters. The molecule has 0 saturated heterocycles. The first-order valence-corrected chi connectivity index (χ1v) is 3.11. The fourth-order valence-corrected chi connectivity index (χ4v) is 0.475. The van der Waals surface area contributed by atoms with Gasteiger partial charge in [0.15, 0.2) is 0 Å². The topological polar surface area (TPSA) is 20.2 Å². The van der Waals surface area contributed by atoms with E-state index in [4.69, 9.17) is 5.11 Å². The molecule has 0 saturated carbocycles. The van der Waals surface area contributed by atoms with E-state index in [1.165, 1.54) is 0 Å². The van der Waals surface area contributed by atoms with Crippen LogP contribution in [0.4, 0.5) is 0 Å². The summed E-state index contributed by atoms with van der Waals surface area (Å²) in [6.45, 7) is 7.65. The molecule has 0 aliphatic carbocycles. The van der Waals surface area contributed by atoms with Crippen LogP contribution in [0, 0.1) is 0 Å². The summed E-state index contributed by atoms with van der Waals surface area (Å²) in [5, 5.41) is 8.46. The first kappa shape index (κ1) is 8.28. The zero-order valence-corrected chi connectivity index (χ0v) is 6.15. The van der Waals surface area contributed by atoms with Crippen molar-refractivity contribution >= 4 is 0 Å². The largest absolute Gasteiger partial charge is 0.516 e. The molecule has 0 atom stereocenters. The second-order valence-electron chi connectivity index (χ2n) is 2.43. The predicted octanol–water partition coefficient (Wildman–Crippen LogP) is 2.80. The zero-order valence-electron chi connectivity index (χ0n) is 6.15. The Morgan fingerprint density at radius 1 is 1.44 bits per heavy atom. The highest BCUT2D eigenvalue weighted by Gasteiger charge is 1.88. The fraction of sp³-hybridized carbons (Fsp3) is 0.500. The number of aliphatic hydroxyl groups is 1. The SMILES string of the molecule is C=C(C)CCC(C)=CO. The molecule has 0 aliphatic rings. The Morgan fingerprint density at radius 2 is 2.00 bits per heavy atom. The predicted molar refractivity (Wildman–Crippen MR) is 40.4 cm³/mol. The third kappa shape index (κ3) is 5.15. The Hall–Kier alpha value is -0.720. The molecular weight excluding hydrogens is 112 g/mol. The number of allylic oxidation sites excluding steroid dienone is 2. The van der Waals surface area contributed by atoms with Crippen LogP contribution in [0.3, 0.4) is 0 Å². The van der Waals surface area contributed by atoms with E-state index in [1.807, 2.05) is 13.8 Å². The summed E-state index contributed by atoms with van der Waals surface area (Å²) in [7, 11) is 0. The minimum atomic E-state index is 0.922. The standard InChI is InChI=1S/C8H14O/c1-7(2)4-5-8(3)6-9/h6,9H,1,4-5H2,2-3H3. The van der Waals surface area contributed by atoms with Crippen LogP contribution in [0.15, 0.2) is 24.0 Å². The van der Waals surface area contributed by atoms with Crippen LogP contribution >= 0.6 is 0 Å². The van der Waals surface area contributed by atoms with Gasteiger partial charge in [-0.05, 0) is 32.3 Å². The van der Waals surface area contributed by atoms with Crippen molar-refractivity contribution < 1.29 is 5.11 Å². The molecule has 0 radical (unpaired) electrons. The molecule has 9 heavy (non-hydrogen) atoms. The molecule has 0 aromatic heterocycles. The minimum absolute atomic E-state index is 0.922. The average Bonchev–Trinajstić information content (AvgIpc) is 1.83. The molecule has 52 valence electrons. The van der Waals surface area contributed by atoms with Crippen molar-refractivity contribution in [2.45, 2.75) is 26.7 Å². The van der Waals surface area contributed by atoms with Gasteiger partial charge in [-0.3, -0.25) is 0 Å². The zero-order chi connectivity index (χ0) is 7.28. The lowest BCUT2D eigenvalue weighted by Crippen LogP contribution is -1.78. The highest BCUT2D eigenvalue weighted by atomic mass is 16.2. The van der Waals surface area contributed by atoms with Crippen LogP contribution in [-0.2, 0) is 0 Å². The Bertz CT molecular complexity index is 123. The molecule has 0 aromatic rings. The minimum Gasteiger partial charge on any atom is -0.516 e. The molecule has 0 amide bonds. The van der Waals surface area contributed by atoms with Crippen molar-refractivity contribution in [2.75, 3.05) is 0 Å². The quantitative estimate of drug-likeness (QED) is 0.455. The number of aliphatic hydroxyl groups excluding tert-OH is 1. The van der Waals surface area contributed by atoms with Gasteiger partial charge in [-0.2, -0.15) is 0 Å². The number of hydrogen-bond acceptors (Lipinski definition) is 1. The second-order valence-corrected chi connectivity index (χ2v) is 2.43. The Balaban J connectivity index is 3.39. The molecule has 0 spiro atoms. The monoisotopic (exact) mass is 126 g/mol. The summed E-state index contributed by atoms with van der Waals surface area (Å²) in [4.78, 5) is 0. The molecule has 1 nitrogen and oxygen atoms in total. The lowest BCUT2D eigenvalue weighted by Gasteiger charge is -1.96. The van der Waals surface area contributed by atoms with Crippen LogP contribution in [0.5, 0.6) is 0 Å². The summed E-state index contributed by atoms with van der Waals surface area (Å²) in [6, 6.07) is 0. The third-order valence-electron chi connectivity index (χ3n) is 1.17. The van der Waals surface area contributed by atoms with E-state index in [1.54, 1.807) is 0 Å². The lowest BCUT2D eigenvalue weighted by atomic mass is 10.1. The Morgan fingerprint density at radius 3 is 2.33 bits per heavy atom. The van der Waals surface area contributed by atoms with Gasteiger partial charge in [0, 0.05) is 0 Å². The smallest absolute Gasteiger partial charge is 0.0780 e. The van der Waals surface area contributed by atoms with Gasteiger partial charge in [-0.25, -0.2) is 0 Å². The van der Waals surface area contributed by atoms with Crippen LogP contribution in [0.2, 0.25) is 0 Å². The van der Waals surface area contributed by atoms with E-state index in [2.05, 4.69) is 6.58 Å². The maximum absolute atomic E-state index is 8.46. The molecule has 0 aliphatic heterocycles. The van der Waals surface area contributed by atoms with Crippen molar-refractivity contribution in [3.8, 4) is 0 Å². The van der Waals surface area contributed by atoms with Crippen molar-refractivity contribution in [2.24, 2.45) is 0 Å². The van der Waals surface area contributed by atoms with Gasteiger partial charge in [0.25, 0.3) is 0 Å². The van der Waals surface area contributed by atoms with E-state index in [-0.39, 0.29) is 0 Å². The second kappa shape index (κ2) is 4.19. The number of rotatable bonds is 3. The molecule has 1 N–H and O–H groups in total. The highest BCUT2D eigenvalue weighted by Crippen LogP contribution is 2.07. The summed E-state index contributed by atoms with van der Waals surface area (Å²) >= 11 is 0. The summed E-state index contributed by atoms with van der Waals surface area (Å²) in [5.41, 5.74) is 2.18. The van der Waals surface area contributed by atoms with E-state index in [0.717, 1.165) is 30.2 Å². The fourth-order valence-electron chi connectivity index (χ4n) is 0.475. The summed E-state index contributed by atoms with van der Waals surface area (Å²) < 4.78 is 0. The molecule has 1 heteroatoms. The molecular formula is C8H14O. The van der Waals surface area contributed by atoms with E-state index in [9.17, 15) is 0 Å². The van der Waals surface area contributed by atoms with Crippen LogP contribution in [-0.4, -0.2) is 5.11 Å². The first-order chi connectivity index (χ1) is 4.16. The first-order valence-electron chi connectivity index (χ1n) is 3.11. The maximum Gasteiger partial charge on any atom is 0.0780 e. The molecule has 0 fully saturated rings. The summed E-state index contributed by atoms with van der Waals surface area (Å²) in [5.74, 6) is 0. The van der Waals surface area contributed by atoms with E-state index in [0.29, 0.717) is 0 Å². The van der Waals surface area contributed by atoms with Gasteiger partial charge >= 0.3 is 0 Å². The van der Waals surface area contributed by atoms with Gasteiger partial charge in [0.1, 0.15) is 0 Å². The molecule has 0 rings (SSSR count). The van der Waals surface area contributed by atoms with Crippen molar-refractivity contribution in [1.82, 2.24) is 0 Å². The van der Waals surface area contributed by atoms with Crippen molar-refractivity contribution in [1.29, 1.82) is 0 Å². The molecule has 0 bridgehead atoms. The number of hydrogen-bond donors (Lipinski definition) is 1. The Labute approximate surface area is 56.7 Å². The lowest BCUT2D eigenvalue weighted by molar-refractivity contribution is 0.464. The molecule has 0 heterocycles. The average molecular weight is 126 g/mol. The van der Waals surface area contributed by atoms with Crippen LogP contribution < -0.4 is 0 Å². The van der Waals surface area contributed by atoms with Crippen molar-refractivity contribution in [3.05, 3.63) is 24.0 Å². The van der Waals surface area contributed by atoms with Crippen LogP contribution in [0.1, 0.15) is 26.7 Å². The maximum atomic E-state index is 8.46. The van der Waals surface area contributed by atoms with Crippen molar-refractivity contribution in [3.63, 3.8) is 0 Å². The molecule has 0 aromatic carbocycles. The van der Waals surface area contributed by atoms with Gasteiger partial charge in [-0.15, -0.1) is 6.58 Å². The van der Waals surface area contributed by atoms with Gasteiger partial charge < -0.3 is 5.11 Å². The van der Waals surface area contributed by atoms with Crippen LogP contribution in [0.25, 0.3) is 0 Å². The Kier molecular flexibility index (Phi) is 3.85. The normalized spacial score (nSPS) is 11.6. The van der Waals surface area contributed by atoms with Gasteiger partial charge in [-0.1, -0.05) is 5.57 Å². The highest BCUT2D eigenvalue weighted by molar-refractivity contribution is 4.98.